The predicted octanol–water partition coefficient (Wildman–Crippen LogP) is 3.01. The molecular weight excluding hydrogens is 334 g/mol. The Hall–Kier alpha value is -3.22. The lowest BCUT2D eigenvalue weighted by Gasteiger charge is -2.19. The molecule has 0 saturated heterocycles. The molecule has 2 aromatic carbocycles. The normalized spacial score (nSPS) is 14.4. The second-order valence-electron chi connectivity index (χ2n) is 6.38. The number of nitrogens with zero attached hydrogens (tertiary/aromatic N) is 2. The Morgan fingerprint density at radius 1 is 1.23 bits per heavy atom. The van der Waals surface area contributed by atoms with Crippen LogP contribution in [0.2, 0.25) is 0 Å². The molecule has 0 spiro atoms. The average molecular weight is 353 g/mol. The van der Waals surface area contributed by atoms with Crippen molar-refractivity contribution < 1.29 is 19.4 Å². The number of aromatic nitrogens is 2. The minimum atomic E-state index is -0.944. The molecule has 0 fully saturated rings. The highest BCUT2D eigenvalue weighted by atomic mass is 16.6. The molecular formula is C19H19N3O4. The van der Waals surface area contributed by atoms with Gasteiger partial charge in [0.2, 0.25) is 0 Å². The molecule has 1 atom stereocenters. The number of carboxylic acids is 1. The fourth-order valence-electron chi connectivity index (χ4n) is 3.12. The van der Waals surface area contributed by atoms with Gasteiger partial charge in [-0.3, -0.25) is 0 Å². The Balaban J connectivity index is 2.00. The van der Waals surface area contributed by atoms with Crippen LogP contribution in [0.3, 0.4) is 0 Å². The summed E-state index contributed by atoms with van der Waals surface area (Å²) >= 11 is 0. The van der Waals surface area contributed by atoms with Crippen LogP contribution < -0.4 is 15.2 Å². The van der Waals surface area contributed by atoms with E-state index >= 15 is 0 Å². The van der Waals surface area contributed by atoms with Crippen molar-refractivity contribution in [2.45, 2.75) is 19.9 Å². The Morgan fingerprint density at radius 2 is 1.92 bits per heavy atom. The van der Waals surface area contributed by atoms with Gasteiger partial charge < -0.3 is 24.9 Å². The largest absolute Gasteiger partial charge is 0.486 e. The van der Waals surface area contributed by atoms with Crippen molar-refractivity contribution >= 4 is 22.7 Å². The molecule has 26 heavy (non-hydrogen) atoms. The van der Waals surface area contributed by atoms with Gasteiger partial charge in [0.1, 0.15) is 25.1 Å². The van der Waals surface area contributed by atoms with Gasteiger partial charge in [-0.15, -0.1) is 0 Å². The first kappa shape index (κ1) is 16.3. The van der Waals surface area contributed by atoms with Gasteiger partial charge in [0.25, 0.3) is 0 Å². The molecule has 4 rings (SSSR count). The molecule has 0 bridgehead atoms. The second kappa shape index (κ2) is 5.94. The molecule has 1 aromatic heterocycles. The van der Waals surface area contributed by atoms with E-state index < -0.39 is 12.0 Å². The number of anilines is 1. The van der Waals surface area contributed by atoms with E-state index in [1.165, 1.54) is 0 Å². The van der Waals surface area contributed by atoms with E-state index in [2.05, 4.69) is 4.98 Å². The number of hydrogen-bond acceptors (Lipinski definition) is 5. The van der Waals surface area contributed by atoms with Gasteiger partial charge >= 0.3 is 5.97 Å². The highest BCUT2D eigenvalue weighted by Crippen LogP contribution is 2.38. The molecule has 3 N–H and O–H groups in total. The van der Waals surface area contributed by atoms with Crippen LogP contribution in [0.1, 0.15) is 18.5 Å². The van der Waals surface area contributed by atoms with E-state index in [4.69, 9.17) is 15.2 Å². The molecule has 1 aliphatic heterocycles. The van der Waals surface area contributed by atoms with E-state index in [1.54, 1.807) is 23.6 Å². The first-order valence-electron chi connectivity index (χ1n) is 8.36. The van der Waals surface area contributed by atoms with E-state index in [0.717, 1.165) is 11.1 Å². The van der Waals surface area contributed by atoms with Gasteiger partial charge in [-0.2, -0.15) is 0 Å². The minimum absolute atomic E-state index is 0.461. The fraction of sp³-hybridized carbons (Fsp3) is 0.263. The number of fused-ring (bicyclic) bond motifs is 2. The van der Waals surface area contributed by atoms with Crippen LogP contribution in [0.25, 0.3) is 22.4 Å². The number of hydrogen-bond donors (Lipinski definition) is 2. The van der Waals surface area contributed by atoms with Gasteiger partial charge in [0.15, 0.2) is 11.5 Å². The molecule has 0 aliphatic carbocycles. The van der Waals surface area contributed by atoms with Gasteiger partial charge in [0, 0.05) is 23.4 Å². The van der Waals surface area contributed by atoms with Crippen molar-refractivity contribution in [3.8, 4) is 22.9 Å². The van der Waals surface area contributed by atoms with E-state index in [9.17, 15) is 9.90 Å². The lowest BCUT2D eigenvalue weighted by atomic mass is 10.1. The fourth-order valence-corrected chi connectivity index (χ4v) is 3.12. The van der Waals surface area contributed by atoms with Crippen molar-refractivity contribution in [2.75, 3.05) is 18.9 Å². The molecule has 1 aliphatic rings. The number of aryl methyl sites for hydroxylation is 1. The monoisotopic (exact) mass is 353 g/mol. The number of carboxylic acid groups (broad SMARTS) is 1. The van der Waals surface area contributed by atoms with Crippen LogP contribution in [-0.4, -0.2) is 33.8 Å². The Labute approximate surface area is 150 Å². The number of aliphatic carboxylic acids is 1. The average Bonchev–Trinajstić information content (AvgIpc) is 2.99. The topological polar surface area (TPSA) is 99.6 Å². The lowest BCUT2D eigenvalue weighted by Crippen LogP contribution is -2.17. The van der Waals surface area contributed by atoms with E-state index in [1.807, 2.05) is 25.1 Å². The molecule has 7 nitrogen and oxygen atoms in total. The number of benzene rings is 2. The molecule has 0 radical (unpaired) electrons. The maximum Gasteiger partial charge on any atom is 0.326 e. The molecule has 3 aromatic rings. The third kappa shape index (κ3) is 2.52. The number of nitrogens with two attached hydrogens (primary N) is 1. The zero-order chi connectivity index (χ0) is 18.4. The predicted molar refractivity (Wildman–Crippen MR) is 97.7 cm³/mol. The van der Waals surface area contributed by atoms with Crippen LogP contribution in [0.5, 0.6) is 11.5 Å². The Morgan fingerprint density at radius 3 is 2.58 bits per heavy atom. The first-order valence-corrected chi connectivity index (χ1v) is 8.36. The van der Waals surface area contributed by atoms with Crippen molar-refractivity contribution in [3.05, 3.63) is 35.9 Å². The van der Waals surface area contributed by atoms with E-state index in [-0.39, 0.29) is 0 Å². The summed E-state index contributed by atoms with van der Waals surface area (Å²) in [5, 5.41) is 9.59. The molecule has 0 saturated carbocycles. The summed E-state index contributed by atoms with van der Waals surface area (Å²) in [6, 6.07) is 8.38. The molecule has 134 valence electrons. The summed E-state index contributed by atoms with van der Waals surface area (Å²) in [7, 11) is 0. The van der Waals surface area contributed by atoms with Gasteiger partial charge in [-0.25, -0.2) is 9.78 Å². The van der Waals surface area contributed by atoms with E-state index in [0.29, 0.717) is 47.3 Å². The van der Waals surface area contributed by atoms with Crippen LogP contribution in [0.15, 0.2) is 30.3 Å². The molecule has 7 heteroatoms. The number of ether oxygens (including phenoxy) is 2. The third-order valence-electron chi connectivity index (χ3n) is 4.64. The summed E-state index contributed by atoms with van der Waals surface area (Å²) in [6.45, 7) is 4.49. The van der Waals surface area contributed by atoms with Crippen molar-refractivity contribution in [1.29, 1.82) is 0 Å². The molecule has 2 heterocycles. The Bertz CT molecular complexity index is 1030. The smallest absolute Gasteiger partial charge is 0.326 e. The quantitative estimate of drug-likeness (QED) is 0.702. The summed E-state index contributed by atoms with van der Waals surface area (Å²) in [5.74, 6) is 0.813. The summed E-state index contributed by atoms with van der Waals surface area (Å²) in [6.07, 6.45) is 0. The zero-order valence-electron chi connectivity index (χ0n) is 14.5. The minimum Gasteiger partial charge on any atom is -0.486 e. The van der Waals surface area contributed by atoms with Gasteiger partial charge in [-0.05, 0) is 25.5 Å². The van der Waals surface area contributed by atoms with Crippen LogP contribution in [0.4, 0.5) is 5.69 Å². The molecule has 1 unspecified atom stereocenters. The number of carbonyl (C=O) groups is 1. The summed E-state index contributed by atoms with van der Waals surface area (Å²) in [5.41, 5.74) is 9.73. The first-order chi connectivity index (χ1) is 12.5. The third-order valence-corrected chi connectivity index (χ3v) is 4.64. The maximum absolute atomic E-state index is 11.7. The lowest BCUT2D eigenvalue weighted by molar-refractivity contribution is -0.140. The number of imidazole rings is 1. The number of rotatable bonds is 3. The van der Waals surface area contributed by atoms with Crippen molar-refractivity contribution in [3.63, 3.8) is 0 Å². The summed E-state index contributed by atoms with van der Waals surface area (Å²) in [4.78, 5) is 16.4. The second-order valence-corrected chi connectivity index (χ2v) is 6.38. The molecule has 0 amide bonds. The summed E-state index contributed by atoms with van der Waals surface area (Å²) < 4.78 is 13.0. The van der Waals surface area contributed by atoms with Gasteiger partial charge in [-0.1, -0.05) is 12.1 Å². The van der Waals surface area contributed by atoms with Crippen LogP contribution in [0, 0.1) is 6.92 Å². The Kier molecular flexibility index (Phi) is 3.72. The SMILES string of the molecule is Cc1ccc(-c2nc3cc4c(cc3n2C(C)C(=O)O)OCCO4)cc1N. The van der Waals surface area contributed by atoms with Gasteiger partial charge in [0.05, 0.1) is 11.0 Å². The zero-order valence-corrected chi connectivity index (χ0v) is 14.5. The van der Waals surface area contributed by atoms with Crippen LogP contribution >= 0.6 is 0 Å². The van der Waals surface area contributed by atoms with Crippen LogP contribution in [-0.2, 0) is 4.79 Å². The highest BCUT2D eigenvalue weighted by molar-refractivity contribution is 5.87. The maximum atomic E-state index is 11.7. The van der Waals surface area contributed by atoms with Crippen molar-refractivity contribution in [2.24, 2.45) is 0 Å². The van der Waals surface area contributed by atoms with Crippen molar-refractivity contribution in [1.82, 2.24) is 9.55 Å². The standard InChI is InChI=1S/C19H19N3O4/c1-10-3-4-12(7-13(10)20)18-21-14-8-16-17(26-6-5-25-16)9-15(14)22(18)11(2)19(23)24/h3-4,7-9,11H,5-6,20H2,1-2H3,(H,23,24). The number of nitrogen functional groups attached to an aromatic ring is 1. The highest BCUT2D eigenvalue weighted by Gasteiger charge is 2.24.